The van der Waals surface area contributed by atoms with Crippen molar-refractivity contribution >= 4 is 0 Å². The number of benzene rings is 1. The van der Waals surface area contributed by atoms with E-state index in [9.17, 15) is 5.11 Å². The first-order valence-corrected chi connectivity index (χ1v) is 8.87. The van der Waals surface area contributed by atoms with Crippen LogP contribution in [0.25, 0.3) is 16.9 Å². The van der Waals surface area contributed by atoms with Crippen LogP contribution in [-0.2, 0) is 5.54 Å². The summed E-state index contributed by atoms with van der Waals surface area (Å²) in [4.78, 5) is 0. The van der Waals surface area contributed by atoms with Crippen LogP contribution in [0, 0.1) is 0 Å². The minimum absolute atomic E-state index is 0.162. The van der Waals surface area contributed by atoms with Crippen LogP contribution in [0.15, 0.2) is 60.9 Å². The normalized spacial score (nSPS) is 24.1. The van der Waals surface area contributed by atoms with E-state index in [4.69, 9.17) is 0 Å². The fraction of sp³-hybridized carbons (Fsp3) is 0.250. The van der Waals surface area contributed by atoms with Gasteiger partial charge in [0.05, 0.1) is 28.2 Å². The largest absolute Gasteiger partial charge is 0.507 e. The van der Waals surface area contributed by atoms with Gasteiger partial charge in [-0.05, 0) is 49.6 Å². The fourth-order valence-electron chi connectivity index (χ4n) is 4.04. The van der Waals surface area contributed by atoms with Crippen LogP contribution in [0.2, 0.25) is 0 Å². The topological polar surface area (TPSA) is 75.9 Å². The van der Waals surface area contributed by atoms with Gasteiger partial charge < -0.3 is 5.11 Å². The van der Waals surface area contributed by atoms with Crippen molar-refractivity contribution in [1.82, 2.24) is 25.3 Å². The monoisotopic (exact) mass is 345 g/mol. The zero-order chi connectivity index (χ0) is 17.6. The van der Waals surface area contributed by atoms with Crippen LogP contribution in [0.1, 0.15) is 25.0 Å². The number of aromatic hydroxyl groups is 1. The summed E-state index contributed by atoms with van der Waals surface area (Å²) in [5.74, 6) is 0.162. The molecule has 2 bridgehead atoms. The molecule has 2 N–H and O–H groups in total. The number of aromatic nitrogens is 4. The lowest BCUT2D eigenvalue weighted by Crippen LogP contribution is -2.41. The maximum atomic E-state index is 10.4. The van der Waals surface area contributed by atoms with Gasteiger partial charge in [0, 0.05) is 18.4 Å². The molecular formula is C20H19N5O. The molecule has 2 atom stereocenters. The van der Waals surface area contributed by atoms with Gasteiger partial charge in [0.15, 0.2) is 0 Å². The quantitative estimate of drug-likeness (QED) is 0.714. The first-order valence-electron chi connectivity index (χ1n) is 8.87. The van der Waals surface area contributed by atoms with Crippen molar-refractivity contribution in [2.75, 3.05) is 0 Å². The second-order valence-electron chi connectivity index (χ2n) is 6.92. The summed E-state index contributed by atoms with van der Waals surface area (Å²) in [6.45, 7) is 0. The third kappa shape index (κ3) is 2.34. The van der Waals surface area contributed by atoms with Crippen LogP contribution in [-0.4, -0.2) is 31.1 Å². The van der Waals surface area contributed by atoms with Gasteiger partial charge in [-0.1, -0.05) is 18.2 Å². The Kier molecular flexibility index (Phi) is 3.39. The summed E-state index contributed by atoms with van der Waals surface area (Å²) < 4.78 is 1.72. The van der Waals surface area contributed by atoms with E-state index in [1.165, 1.54) is 0 Å². The van der Waals surface area contributed by atoms with Crippen molar-refractivity contribution in [1.29, 1.82) is 0 Å². The van der Waals surface area contributed by atoms with Gasteiger partial charge in [0.1, 0.15) is 5.75 Å². The molecule has 2 aliphatic heterocycles. The molecule has 6 heteroatoms. The van der Waals surface area contributed by atoms with E-state index in [-0.39, 0.29) is 11.3 Å². The minimum Gasteiger partial charge on any atom is -0.507 e. The van der Waals surface area contributed by atoms with Gasteiger partial charge in [0.25, 0.3) is 0 Å². The fourth-order valence-corrected chi connectivity index (χ4v) is 4.04. The maximum absolute atomic E-state index is 10.4. The molecule has 5 rings (SSSR count). The van der Waals surface area contributed by atoms with Crippen molar-refractivity contribution in [2.24, 2.45) is 0 Å². The molecular weight excluding hydrogens is 326 g/mol. The van der Waals surface area contributed by atoms with Gasteiger partial charge in [-0.25, -0.2) is 4.68 Å². The van der Waals surface area contributed by atoms with Crippen LogP contribution in [0.3, 0.4) is 0 Å². The third-order valence-corrected chi connectivity index (χ3v) is 5.32. The van der Waals surface area contributed by atoms with E-state index in [1.807, 2.05) is 30.5 Å². The highest BCUT2D eigenvalue weighted by Crippen LogP contribution is 2.39. The Labute approximate surface area is 151 Å². The van der Waals surface area contributed by atoms with Crippen LogP contribution < -0.4 is 5.32 Å². The Morgan fingerprint density at radius 1 is 1.15 bits per heavy atom. The molecule has 0 saturated carbocycles. The summed E-state index contributed by atoms with van der Waals surface area (Å²) in [6.07, 6.45) is 11.3. The van der Waals surface area contributed by atoms with Gasteiger partial charge in [-0.15, -0.1) is 5.10 Å². The van der Waals surface area contributed by atoms with Gasteiger partial charge >= 0.3 is 0 Å². The number of hydrogen-bond donors (Lipinski definition) is 2. The number of nitrogens with zero attached hydrogens (tertiary/aromatic N) is 4. The molecule has 2 aliphatic rings. The lowest BCUT2D eigenvalue weighted by molar-refractivity contribution is 0.423. The second kappa shape index (κ2) is 5.78. The van der Waals surface area contributed by atoms with Crippen molar-refractivity contribution < 1.29 is 5.11 Å². The Morgan fingerprint density at radius 2 is 2.12 bits per heavy atom. The Hall–Kier alpha value is -2.99. The van der Waals surface area contributed by atoms with Crippen LogP contribution in [0.5, 0.6) is 5.75 Å². The average Bonchev–Trinajstić information content (AvgIpc) is 3.31. The molecule has 26 heavy (non-hydrogen) atoms. The number of phenols is 1. The summed E-state index contributed by atoms with van der Waals surface area (Å²) >= 11 is 0. The number of rotatable bonds is 3. The summed E-state index contributed by atoms with van der Waals surface area (Å²) in [5.41, 5.74) is 2.76. The molecule has 2 aromatic heterocycles. The highest BCUT2D eigenvalue weighted by molar-refractivity contribution is 5.75. The smallest absolute Gasteiger partial charge is 0.127 e. The number of fused-ring (bicyclic) bond motifs is 2. The second-order valence-corrected chi connectivity index (χ2v) is 6.92. The summed E-state index contributed by atoms with van der Waals surface area (Å²) in [6, 6.07) is 11.7. The minimum atomic E-state index is -0.196. The Balaban J connectivity index is 1.57. The van der Waals surface area contributed by atoms with E-state index in [0.717, 1.165) is 30.6 Å². The van der Waals surface area contributed by atoms with Crippen molar-refractivity contribution in [3.05, 3.63) is 66.6 Å². The molecule has 0 radical (unpaired) electrons. The lowest BCUT2D eigenvalue weighted by Gasteiger charge is -2.29. The predicted octanol–water partition coefficient (Wildman–Crippen LogP) is 2.94. The van der Waals surface area contributed by atoms with Gasteiger partial charge in [-0.2, -0.15) is 10.2 Å². The van der Waals surface area contributed by atoms with E-state index < -0.39 is 0 Å². The first-order chi connectivity index (χ1) is 12.8. The standard InChI is InChI=1S/C20H19N5O/c26-17-6-1-5-16(25-13-3-12-21-25)19(17)15-7-8-18(24-23-15)20-10-2-4-14(22-20)9-11-20/h1-3,5-8,10,12-14,22,26H,4,9,11H2. The molecule has 3 aromatic rings. The van der Waals surface area contributed by atoms with Gasteiger partial charge in [-0.3, -0.25) is 5.32 Å². The lowest BCUT2D eigenvalue weighted by atomic mass is 9.92. The number of phenolic OH excluding ortho intramolecular Hbond substituents is 1. The molecule has 2 unspecified atom stereocenters. The number of nitrogens with one attached hydrogen (secondary N) is 1. The molecule has 6 nitrogen and oxygen atoms in total. The van der Waals surface area contributed by atoms with Crippen molar-refractivity contribution in [3.63, 3.8) is 0 Å². The van der Waals surface area contributed by atoms with Crippen molar-refractivity contribution in [3.8, 4) is 22.7 Å². The zero-order valence-corrected chi connectivity index (χ0v) is 14.2. The number of hydrogen-bond acceptors (Lipinski definition) is 5. The van der Waals surface area contributed by atoms with Crippen LogP contribution >= 0.6 is 0 Å². The predicted molar refractivity (Wildman–Crippen MR) is 97.8 cm³/mol. The maximum Gasteiger partial charge on any atom is 0.127 e. The Bertz CT molecular complexity index is 964. The molecule has 130 valence electrons. The molecule has 0 aliphatic carbocycles. The summed E-state index contributed by atoms with van der Waals surface area (Å²) in [5, 5.41) is 27.3. The highest BCUT2D eigenvalue weighted by atomic mass is 16.3. The molecule has 1 fully saturated rings. The van der Waals surface area contributed by atoms with Crippen LogP contribution in [0.4, 0.5) is 0 Å². The molecule has 0 spiro atoms. The van der Waals surface area contributed by atoms with Crippen molar-refractivity contribution in [2.45, 2.75) is 30.8 Å². The first kappa shape index (κ1) is 15.3. The molecule has 1 aromatic carbocycles. The van der Waals surface area contributed by atoms with E-state index in [0.29, 0.717) is 17.3 Å². The molecule has 1 saturated heterocycles. The summed E-state index contributed by atoms with van der Waals surface area (Å²) in [7, 11) is 0. The highest BCUT2D eigenvalue weighted by Gasteiger charge is 2.41. The van der Waals surface area contributed by atoms with E-state index in [2.05, 4.69) is 32.8 Å². The third-order valence-electron chi connectivity index (χ3n) is 5.32. The van der Waals surface area contributed by atoms with Gasteiger partial charge in [0.2, 0.25) is 0 Å². The average molecular weight is 345 g/mol. The SMILES string of the molecule is Oc1cccc(-n2cccn2)c1-c1ccc(C23C=CCC(CC2)N3)nn1. The molecule has 0 amide bonds. The zero-order valence-electron chi connectivity index (χ0n) is 14.2. The van der Waals surface area contributed by atoms with E-state index in [1.54, 1.807) is 23.0 Å². The van der Waals surface area contributed by atoms with E-state index >= 15 is 0 Å². The molecule has 4 heterocycles. The Morgan fingerprint density at radius 3 is 2.92 bits per heavy atom.